The normalized spacial score (nSPS) is 13.5. The van der Waals surface area contributed by atoms with Crippen LogP contribution in [-0.4, -0.2) is 44.6 Å². The van der Waals surface area contributed by atoms with Crippen LogP contribution >= 0.6 is 0 Å². The maximum Gasteiger partial charge on any atom is 0.326 e. The molecule has 0 radical (unpaired) electrons. The van der Waals surface area contributed by atoms with Crippen LogP contribution in [0.5, 0.6) is 5.75 Å². The predicted octanol–water partition coefficient (Wildman–Crippen LogP) is 2.29. The van der Waals surface area contributed by atoms with Gasteiger partial charge in [-0.25, -0.2) is 13.2 Å². The Balaban J connectivity index is 2.95. The Labute approximate surface area is 166 Å². The van der Waals surface area contributed by atoms with Gasteiger partial charge in [-0.1, -0.05) is 39.5 Å². The molecule has 3 N–H and O–H groups in total. The number of amides is 1. The molecule has 9 heteroatoms. The van der Waals surface area contributed by atoms with Crippen molar-refractivity contribution >= 4 is 21.9 Å². The Morgan fingerprint density at radius 1 is 1.04 bits per heavy atom. The number of ether oxygens (including phenoxy) is 1. The summed E-state index contributed by atoms with van der Waals surface area (Å²) in [4.78, 5) is 24.0. The van der Waals surface area contributed by atoms with Crippen LogP contribution in [0.3, 0.4) is 0 Å². The zero-order chi connectivity index (χ0) is 21.2. The first kappa shape index (κ1) is 23.9. The summed E-state index contributed by atoms with van der Waals surface area (Å²) >= 11 is 0. The minimum Gasteiger partial charge on any atom is -0.497 e. The first-order chi connectivity index (χ1) is 13.2. The van der Waals surface area contributed by atoms with Crippen molar-refractivity contribution in [3.8, 4) is 5.75 Å². The lowest BCUT2D eigenvalue weighted by molar-refractivity contribution is -0.142. The van der Waals surface area contributed by atoms with Crippen LogP contribution in [0.15, 0.2) is 29.2 Å². The molecule has 0 spiro atoms. The summed E-state index contributed by atoms with van der Waals surface area (Å²) < 4.78 is 32.7. The van der Waals surface area contributed by atoms with Gasteiger partial charge in [0.1, 0.15) is 17.8 Å². The van der Waals surface area contributed by atoms with Crippen LogP contribution in [0.2, 0.25) is 0 Å². The molecule has 0 heterocycles. The molecule has 0 saturated heterocycles. The van der Waals surface area contributed by atoms with Crippen LogP contribution in [0.1, 0.15) is 52.4 Å². The molecule has 158 valence electrons. The number of carboxylic acids is 1. The molecule has 0 bridgehead atoms. The first-order valence-corrected chi connectivity index (χ1v) is 10.9. The van der Waals surface area contributed by atoms with Gasteiger partial charge in [0.05, 0.1) is 12.0 Å². The lowest BCUT2D eigenvalue weighted by atomic mass is 10.1. The molecule has 1 amide bonds. The highest BCUT2D eigenvalue weighted by molar-refractivity contribution is 7.89. The summed E-state index contributed by atoms with van der Waals surface area (Å²) in [6.45, 7) is 3.85. The maximum atomic E-state index is 12.7. The fraction of sp³-hybridized carbons (Fsp3) is 0.579. The molecule has 0 unspecified atom stereocenters. The van der Waals surface area contributed by atoms with E-state index in [-0.39, 0.29) is 11.3 Å². The number of hydrogen-bond acceptors (Lipinski definition) is 5. The Hall–Kier alpha value is -2.13. The molecule has 1 rings (SSSR count). The van der Waals surface area contributed by atoms with E-state index in [0.717, 1.165) is 12.8 Å². The van der Waals surface area contributed by atoms with Crippen molar-refractivity contribution in [2.75, 3.05) is 7.11 Å². The fourth-order valence-corrected chi connectivity index (χ4v) is 3.83. The molecule has 1 aromatic carbocycles. The largest absolute Gasteiger partial charge is 0.497 e. The van der Waals surface area contributed by atoms with E-state index in [1.54, 1.807) is 0 Å². The Bertz CT molecular complexity index is 733. The number of unbranched alkanes of at least 4 members (excludes halogenated alkanes) is 2. The summed E-state index contributed by atoms with van der Waals surface area (Å²) in [6, 6.07) is 3.72. The quantitative estimate of drug-likeness (QED) is 0.455. The number of aliphatic carboxylic acids is 1. The zero-order valence-corrected chi connectivity index (χ0v) is 17.4. The smallest absolute Gasteiger partial charge is 0.326 e. The van der Waals surface area contributed by atoms with Gasteiger partial charge in [0, 0.05) is 0 Å². The molecule has 28 heavy (non-hydrogen) atoms. The lowest BCUT2D eigenvalue weighted by Gasteiger charge is -2.21. The van der Waals surface area contributed by atoms with E-state index in [0.29, 0.717) is 25.0 Å². The van der Waals surface area contributed by atoms with E-state index in [4.69, 9.17) is 4.74 Å². The second kappa shape index (κ2) is 11.7. The van der Waals surface area contributed by atoms with Crippen LogP contribution in [0, 0.1) is 0 Å². The molecule has 8 nitrogen and oxygen atoms in total. The Morgan fingerprint density at radius 3 is 2.04 bits per heavy atom. The topological polar surface area (TPSA) is 122 Å². The van der Waals surface area contributed by atoms with Crippen molar-refractivity contribution in [1.29, 1.82) is 0 Å². The SMILES string of the molecule is CCCC[C@H](NC(=O)[C@H](CCCC)NS(=O)(=O)c1ccc(OC)cc1)C(=O)O. The summed E-state index contributed by atoms with van der Waals surface area (Å²) in [5, 5.41) is 11.8. The predicted molar refractivity (Wildman–Crippen MR) is 106 cm³/mol. The van der Waals surface area contributed by atoms with Crippen LogP contribution < -0.4 is 14.8 Å². The van der Waals surface area contributed by atoms with Crippen molar-refractivity contribution in [3.63, 3.8) is 0 Å². The maximum absolute atomic E-state index is 12.7. The molecule has 0 aliphatic rings. The monoisotopic (exact) mass is 414 g/mol. The number of rotatable bonds is 13. The van der Waals surface area contributed by atoms with Gasteiger partial charge in [-0.15, -0.1) is 0 Å². The highest BCUT2D eigenvalue weighted by atomic mass is 32.2. The van der Waals surface area contributed by atoms with Crippen molar-refractivity contribution in [2.45, 2.75) is 69.4 Å². The first-order valence-electron chi connectivity index (χ1n) is 9.44. The van der Waals surface area contributed by atoms with Gasteiger partial charge >= 0.3 is 5.97 Å². The number of carbonyl (C=O) groups is 2. The summed E-state index contributed by atoms with van der Waals surface area (Å²) in [5.41, 5.74) is 0. The van der Waals surface area contributed by atoms with Crippen LogP contribution in [0.4, 0.5) is 0 Å². The molecule has 0 aromatic heterocycles. The van der Waals surface area contributed by atoms with E-state index >= 15 is 0 Å². The third-order valence-corrected chi connectivity index (χ3v) is 5.78. The molecular formula is C19H30N2O6S. The van der Waals surface area contributed by atoms with E-state index in [9.17, 15) is 23.1 Å². The highest BCUT2D eigenvalue weighted by Gasteiger charge is 2.28. The van der Waals surface area contributed by atoms with E-state index in [1.807, 2.05) is 13.8 Å². The summed E-state index contributed by atoms with van der Waals surface area (Å²) in [5.74, 6) is -1.25. The number of benzene rings is 1. The van der Waals surface area contributed by atoms with Gasteiger partial charge < -0.3 is 15.2 Å². The summed E-state index contributed by atoms with van der Waals surface area (Å²) in [7, 11) is -2.47. The molecule has 0 aliphatic heterocycles. The number of hydrogen-bond donors (Lipinski definition) is 3. The molecule has 0 fully saturated rings. The average Bonchev–Trinajstić information content (AvgIpc) is 2.67. The van der Waals surface area contributed by atoms with Gasteiger partial charge in [0.2, 0.25) is 15.9 Å². The number of carboxylic acid groups (broad SMARTS) is 1. The number of methoxy groups -OCH3 is 1. The molecule has 0 aliphatic carbocycles. The van der Waals surface area contributed by atoms with Crippen molar-refractivity contribution < 1.29 is 27.9 Å². The third-order valence-electron chi connectivity index (χ3n) is 4.29. The third kappa shape index (κ3) is 7.47. The highest BCUT2D eigenvalue weighted by Crippen LogP contribution is 2.16. The average molecular weight is 415 g/mol. The fourth-order valence-electron chi connectivity index (χ4n) is 2.60. The summed E-state index contributed by atoms with van der Waals surface area (Å²) in [6.07, 6.45) is 3.40. The lowest BCUT2D eigenvalue weighted by Crippen LogP contribution is -2.51. The van der Waals surface area contributed by atoms with Crippen molar-refractivity contribution in [1.82, 2.24) is 10.0 Å². The van der Waals surface area contributed by atoms with E-state index in [1.165, 1.54) is 31.4 Å². The Kier molecular flexibility index (Phi) is 9.95. The standard InChI is InChI=1S/C19H30N2O6S/c1-4-6-8-16(18(22)20-17(19(23)24)9-7-5-2)21-28(25,26)15-12-10-14(27-3)11-13-15/h10-13,16-17,21H,4-9H2,1-3H3,(H,20,22)(H,23,24)/t16-,17-/m0/s1. The van der Waals surface area contributed by atoms with Gasteiger partial charge in [-0.2, -0.15) is 4.72 Å². The number of nitrogens with one attached hydrogen (secondary N) is 2. The minimum absolute atomic E-state index is 0.00312. The molecular weight excluding hydrogens is 384 g/mol. The Morgan fingerprint density at radius 2 is 1.57 bits per heavy atom. The second-order valence-electron chi connectivity index (χ2n) is 6.53. The van der Waals surface area contributed by atoms with Gasteiger partial charge in [-0.3, -0.25) is 4.79 Å². The molecule has 1 aromatic rings. The molecule has 2 atom stereocenters. The second-order valence-corrected chi connectivity index (χ2v) is 8.25. The van der Waals surface area contributed by atoms with Gasteiger partial charge in [0.25, 0.3) is 0 Å². The molecule has 0 saturated carbocycles. The van der Waals surface area contributed by atoms with Crippen molar-refractivity contribution in [2.24, 2.45) is 0 Å². The van der Waals surface area contributed by atoms with Gasteiger partial charge in [0.15, 0.2) is 0 Å². The number of sulfonamides is 1. The van der Waals surface area contributed by atoms with Crippen molar-refractivity contribution in [3.05, 3.63) is 24.3 Å². The number of carbonyl (C=O) groups excluding carboxylic acids is 1. The van der Waals surface area contributed by atoms with Crippen LogP contribution in [0.25, 0.3) is 0 Å². The minimum atomic E-state index is -3.95. The zero-order valence-electron chi connectivity index (χ0n) is 16.6. The van der Waals surface area contributed by atoms with Gasteiger partial charge in [-0.05, 0) is 37.1 Å². The van der Waals surface area contributed by atoms with E-state index in [2.05, 4.69) is 10.0 Å². The van der Waals surface area contributed by atoms with Crippen LogP contribution in [-0.2, 0) is 19.6 Å². The van der Waals surface area contributed by atoms with E-state index < -0.39 is 34.0 Å².